The number of likely N-dealkylation sites (N-methyl/N-ethyl adjacent to an activating group) is 1. The first-order chi connectivity index (χ1) is 20.1. The molecule has 0 unspecified atom stereocenters. The van der Waals surface area contributed by atoms with Gasteiger partial charge in [-0.3, -0.25) is 24.2 Å². The molecule has 1 saturated heterocycles. The van der Waals surface area contributed by atoms with Gasteiger partial charge in [-0.1, -0.05) is 30.3 Å². The second-order valence-corrected chi connectivity index (χ2v) is 11.4. The minimum Gasteiger partial charge on any atom is -0.342 e. The van der Waals surface area contributed by atoms with Crippen LogP contribution in [0.4, 0.5) is 5.13 Å². The second kappa shape index (κ2) is 12.0. The Hall–Kier alpha value is -4.70. The van der Waals surface area contributed by atoms with E-state index in [0.717, 1.165) is 33.8 Å². The van der Waals surface area contributed by atoms with E-state index in [1.165, 1.54) is 47.4 Å². The molecule has 9 nitrogen and oxygen atoms in total. The fraction of sp³-hybridized carbons (Fsp3) is 0.250. The zero-order chi connectivity index (χ0) is 30.0. The van der Waals surface area contributed by atoms with Crippen molar-refractivity contribution in [2.75, 3.05) is 26.0 Å². The van der Waals surface area contributed by atoms with Gasteiger partial charge in [0, 0.05) is 54.1 Å². The van der Waals surface area contributed by atoms with Crippen molar-refractivity contribution in [1.29, 1.82) is 0 Å². The number of nitrogens with zero attached hydrogens (tertiary/aromatic N) is 4. The first-order valence-corrected chi connectivity index (χ1v) is 14.5. The summed E-state index contributed by atoms with van der Waals surface area (Å²) < 4.78 is 0. The van der Waals surface area contributed by atoms with Crippen molar-refractivity contribution in [3.63, 3.8) is 0 Å². The Labute approximate surface area is 248 Å². The predicted octanol–water partition coefficient (Wildman–Crippen LogP) is 5.00. The Balaban J connectivity index is 1.29. The maximum Gasteiger partial charge on any atom is 0.294 e. The third-order valence-electron chi connectivity index (χ3n) is 7.10. The summed E-state index contributed by atoms with van der Waals surface area (Å²) in [6, 6.07) is 17.6. The number of nitrogens with one attached hydrogen (secondary N) is 1. The molecule has 3 amide bonds. The van der Waals surface area contributed by atoms with Crippen LogP contribution in [-0.4, -0.2) is 70.0 Å². The van der Waals surface area contributed by atoms with Crippen molar-refractivity contribution in [2.24, 2.45) is 0 Å². The molecule has 1 atom stereocenters. The fourth-order valence-electron chi connectivity index (χ4n) is 5.08. The number of rotatable bonds is 7. The lowest BCUT2D eigenvalue weighted by Gasteiger charge is -2.23. The molecular weight excluding hydrogens is 550 g/mol. The van der Waals surface area contributed by atoms with E-state index >= 15 is 0 Å². The van der Waals surface area contributed by atoms with E-state index < -0.39 is 17.7 Å². The monoisotopic (exact) mass is 581 g/mol. The smallest absolute Gasteiger partial charge is 0.294 e. The number of Topliss-reactive ketones (excluding diaryl/α,β-unsaturated/α-hetero) is 1. The number of thiazole rings is 1. The number of likely N-dealkylation sites (tertiary alicyclic amines) is 1. The molecule has 0 saturated carbocycles. The van der Waals surface area contributed by atoms with Crippen molar-refractivity contribution in [3.05, 3.63) is 88.6 Å². The van der Waals surface area contributed by atoms with Gasteiger partial charge in [-0.2, -0.15) is 0 Å². The number of pyridine rings is 1. The molecule has 0 aliphatic carbocycles. The molecule has 3 heterocycles. The summed E-state index contributed by atoms with van der Waals surface area (Å²) in [6.45, 7) is 4.36. The average molecular weight is 582 g/mol. The van der Waals surface area contributed by atoms with Gasteiger partial charge in [0.05, 0.1) is 5.69 Å². The molecule has 42 heavy (non-hydrogen) atoms. The Morgan fingerprint density at radius 2 is 1.57 bits per heavy atom. The Morgan fingerprint density at radius 1 is 0.881 bits per heavy atom. The summed E-state index contributed by atoms with van der Waals surface area (Å²) >= 11 is 1.32. The number of anilines is 1. The van der Waals surface area contributed by atoms with Crippen LogP contribution in [0.3, 0.4) is 0 Å². The lowest BCUT2D eigenvalue weighted by Crippen LogP contribution is -2.43. The van der Waals surface area contributed by atoms with E-state index in [-0.39, 0.29) is 22.9 Å². The lowest BCUT2D eigenvalue weighted by molar-refractivity contribution is -0.124. The molecule has 5 rings (SSSR count). The van der Waals surface area contributed by atoms with Crippen LogP contribution in [0.2, 0.25) is 0 Å². The summed E-state index contributed by atoms with van der Waals surface area (Å²) in [6.07, 6.45) is 1.19. The van der Waals surface area contributed by atoms with Crippen LogP contribution in [0, 0.1) is 13.8 Å². The second-order valence-electron chi connectivity index (χ2n) is 10.5. The van der Waals surface area contributed by atoms with Gasteiger partial charge in [-0.05, 0) is 68.1 Å². The predicted molar refractivity (Wildman–Crippen MR) is 162 cm³/mol. The number of hydrogen-bond donors (Lipinski definition) is 1. The van der Waals surface area contributed by atoms with Crippen molar-refractivity contribution in [1.82, 2.24) is 19.8 Å². The van der Waals surface area contributed by atoms with Gasteiger partial charge in [0.2, 0.25) is 11.7 Å². The van der Waals surface area contributed by atoms with E-state index in [0.29, 0.717) is 24.5 Å². The molecule has 1 aliphatic rings. The highest BCUT2D eigenvalue weighted by Crippen LogP contribution is 2.30. The highest BCUT2D eigenvalue weighted by atomic mass is 32.1. The highest BCUT2D eigenvalue weighted by Gasteiger charge is 2.35. The number of carbonyl (C=O) groups is 4. The summed E-state index contributed by atoms with van der Waals surface area (Å²) in [5.74, 6) is -2.04. The molecule has 0 bridgehead atoms. The first kappa shape index (κ1) is 28.8. The third-order valence-corrected chi connectivity index (χ3v) is 7.85. The molecule has 2 aromatic carbocycles. The van der Waals surface area contributed by atoms with Gasteiger partial charge in [0.1, 0.15) is 6.04 Å². The molecule has 0 spiro atoms. The number of hydrogen-bond acceptors (Lipinski definition) is 7. The molecule has 0 radical (unpaired) electrons. The molecule has 4 aromatic rings. The van der Waals surface area contributed by atoms with Gasteiger partial charge in [-0.15, -0.1) is 11.3 Å². The molecular formula is C32H31N5O4S. The van der Waals surface area contributed by atoms with Gasteiger partial charge in [-0.25, -0.2) is 4.98 Å². The standard InChI is InChI=1S/C32H31N5O4S/c1-19-14-25(15-20(2)33-19)21-8-5-9-22(16-21)26-18-42-32(34-26)35-29(39)27-12-7-13-37(27)30(40)24-11-6-10-23(17-24)28(38)31(41)36(3)4/h5-6,8-11,14-18,27H,7,12-13H2,1-4H3,(H,34,35,39)/t27-/m0/s1. The largest absolute Gasteiger partial charge is 0.342 e. The van der Waals surface area contributed by atoms with Crippen molar-refractivity contribution < 1.29 is 19.2 Å². The number of carbonyl (C=O) groups excluding carboxylic acids is 4. The van der Waals surface area contributed by atoms with Crippen LogP contribution in [-0.2, 0) is 9.59 Å². The van der Waals surface area contributed by atoms with E-state index in [1.54, 1.807) is 12.1 Å². The van der Waals surface area contributed by atoms with Crippen molar-refractivity contribution in [3.8, 4) is 22.4 Å². The summed E-state index contributed by atoms with van der Waals surface area (Å²) in [7, 11) is 2.99. The number of aromatic nitrogens is 2. The van der Waals surface area contributed by atoms with Crippen LogP contribution >= 0.6 is 11.3 Å². The van der Waals surface area contributed by atoms with Crippen LogP contribution in [0.15, 0.2) is 66.0 Å². The SMILES string of the molecule is Cc1cc(-c2cccc(-c3csc(NC(=O)[C@@H]4CCCN4C(=O)c4cccc(C(=O)C(=O)N(C)C)c4)n3)c2)cc(C)n1. The van der Waals surface area contributed by atoms with E-state index in [9.17, 15) is 19.2 Å². The Morgan fingerprint density at radius 3 is 2.31 bits per heavy atom. The molecule has 2 aromatic heterocycles. The number of ketones is 1. The Bertz CT molecular complexity index is 1680. The summed E-state index contributed by atoms with van der Waals surface area (Å²) in [5.41, 5.74) is 6.09. The quantitative estimate of drug-likeness (QED) is 0.243. The summed E-state index contributed by atoms with van der Waals surface area (Å²) in [5, 5.41) is 5.24. The molecule has 10 heteroatoms. The number of amides is 3. The van der Waals surface area contributed by atoms with E-state index in [1.807, 2.05) is 49.6 Å². The molecule has 214 valence electrons. The third kappa shape index (κ3) is 6.13. The van der Waals surface area contributed by atoms with E-state index in [4.69, 9.17) is 0 Å². The molecule has 1 N–H and O–H groups in total. The van der Waals surface area contributed by atoms with Crippen molar-refractivity contribution in [2.45, 2.75) is 32.7 Å². The first-order valence-electron chi connectivity index (χ1n) is 13.6. The summed E-state index contributed by atoms with van der Waals surface area (Å²) in [4.78, 5) is 63.1. The molecule has 1 aliphatic heterocycles. The highest BCUT2D eigenvalue weighted by molar-refractivity contribution is 7.14. The minimum atomic E-state index is -0.693. The van der Waals surface area contributed by atoms with Gasteiger partial charge in [0.25, 0.3) is 11.8 Å². The minimum absolute atomic E-state index is 0.133. The average Bonchev–Trinajstić information content (AvgIpc) is 3.66. The van der Waals surface area contributed by atoms with Gasteiger partial charge < -0.3 is 15.1 Å². The van der Waals surface area contributed by atoms with Gasteiger partial charge in [0.15, 0.2) is 5.13 Å². The zero-order valence-corrected chi connectivity index (χ0v) is 24.7. The maximum atomic E-state index is 13.4. The number of benzene rings is 2. The van der Waals surface area contributed by atoms with Crippen LogP contribution < -0.4 is 5.32 Å². The van der Waals surface area contributed by atoms with Crippen molar-refractivity contribution >= 4 is 40.0 Å². The number of aryl methyl sites for hydroxylation is 2. The zero-order valence-electron chi connectivity index (χ0n) is 23.9. The topological polar surface area (TPSA) is 113 Å². The van der Waals surface area contributed by atoms with E-state index in [2.05, 4.69) is 21.4 Å². The van der Waals surface area contributed by atoms with Crippen LogP contribution in [0.5, 0.6) is 0 Å². The van der Waals surface area contributed by atoms with Crippen LogP contribution in [0.1, 0.15) is 44.9 Å². The Kier molecular flexibility index (Phi) is 8.26. The maximum absolute atomic E-state index is 13.4. The normalized spacial score (nSPS) is 14.5. The van der Waals surface area contributed by atoms with Gasteiger partial charge >= 0.3 is 0 Å². The lowest BCUT2D eigenvalue weighted by atomic mass is 10.0. The fourth-order valence-corrected chi connectivity index (χ4v) is 5.80. The molecule has 1 fully saturated rings. The van der Waals surface area contributed by atoms with Crippen LogP contribution in [0.25, 0.3) is 22.4 Å².